The minimum atomic E-state index is 0.475. The summed E-state index contributed by atoms with van der Waals surface area (Å²) in [6.07, 6.45) is 6.23. The van der Waals surface area contributed by atoms with Crippen LogP contribution < -0.4 is 4.90 Å². The predicted octanol–water partition coefficient (Wildman–Crippen LogP) is 1.66. The molecule has 0 aromatic carbocycles. The van der Waals surface area contributed by atoms with Crippen LogP contribution >= 0.6 is 11.6 Å². The van der Waals surface area contributed by atoms with Gasteiger partial charge < -0.3 is 4.90 Å². The van der Waals surface area contributed by atoms with Gasteiger partial charge in [-0.3, -0.25) is 9.88 Å². The van der Waals surface area contributed by atoms with Gasteiger partial charge in [-0.15, -0.1) is 0 Å². The normalized spacial score (nSPS) is 21.8. The number of halogens is 1. The summed E-state index contributed by atoms with van der Waals surface area (Å²) in [5, 5.41) is 0.475. The molecule has 1 aromatic rings. The van der Waals surface area contributed by atoms with Crippen molar-refractivity contribution in [1.29, 1.82) is 0 Å². The van der Waals surface area contributed by atoms with E-state index in [1.807, 2.05) is 0 Å². The number of nitrogens with zero attached hydrogens (tertiary/aromatic N) is 4. The molecule has 17 heavy (non-hydrogen) atoms. The molecule has 0 spiro atoms. The van der Waals surface area contributed by atoms with Gasteiger partial charge in [0, 0.05) is 32.7 Å². The van der Waals surface area contributed by atoms with Crippen molar-refractivity contribution < 1.29 is 0 Å². The standard InChI is InChI=1S/C12H17ClN4/c13-11-7-14-8-12(15-11)17-5-3-16(4-6-17)9-10-1-2-10/h7-8,10H,1-6,9H2. The molecule has 0 unspecified atom stereocenters. The molecule has 1 aromatic heterocycles. The van der Waals surface area contributed by atoms with Crippen molar-refractivity contribution in [3.05, 3.63) is 17.5 Å². The van der Waals surface area contributed by atoms with Crippen LogP contribution in [-0.4, -0.2) is 47.6 Å². The van der Waals surface area contributed by atoms with Crippen LogP contribution in [-0.2, 0) is 0 Å². The minimum absolute atomic E-state index is 0.475. The fourth-order valence-electron chi connectivity index (χ4n) is 2.31. The van der Waals surface area contributed by atoms with E-state index in [9.17, 15) is 0 Å². The summed E-state index contributed by atoms with van der Waals surface area (Å²) in [5.74, 6) is 1.89. The average Bonchev–Trinajstić information content (AvgIpc) is 3.14. The van der Waals surface area contributed by atoms with Crippen molar-refractivity contribution in [2.45, 2.75) is 12.8 Å². The third-order valence-electron chi connectivity index (χ3n) is 3.50. The van der Waals surface area contributed by atoms with Crippen molar-refractivity contribution in [1.82, 2.24) is 14.9 Å². The highest BCUT2D eigenvalue weighted by Gasteiger charge is 2.26. The smallest absolute Gasteiger partial charge is 0.149 e. The van der Waals surface area contributed by atoms with E-state index >= 15 is 0 Å². The second-order valence-corrected chi connectivity index (χ2v) is 5.32. The van der Waals surface area contributed by atoms with E-state index in [0.29, 0.717) is 5.15 Å². The first kappa shape index (κ1) is 11.2. The van der Waals surface area contributed by atoms with Gasteiger partial charge in [0.1, 0.15) is 11.0 Å². The molecule has 0 bridgehead atoms. The van der Waals surface area contributed by atoms with Gasteiger partial charge in [-0.25, -0.2) is 4.98 Å². The highest BCUT2D eigenvalue weighted by Crippen LogP contribution is 2.30. The summed E-state index contributed by atoms with van der Waals surface area (Å²) in [7, 11) is 0. The van der Waals surface area contributed by atoms with Crippen LogP contribution in [0.1, 0.15) is 12.8 Å². The molecule has 2 heterocycles. The molecule has 2 fully saturated rings. The largest absolute Gasteiger partial charge is 0.353 e. The summed E-state index contributed by atoms with van der Waals surface area (Å²) >= 11 is 5.86. The fraction of sp³-hybridized carbons (Fsp3) is 0.667. The Bertz CT molecular complexity index is 386. The molecule has 0 amide bonds. The number of anilines is 1. The van der Waals surface area contributed by atoms with Crippen LogP contribution in [0.5, 0.6) is 0 Å². The molecule has 5 heteroatoms. The Morgan fingerprint density at radius 2 is 1.94 bits per heavy atom. The molecule has 1 saturated heterocycles. The summed E-state index contributed by atoms with van der Waals surface area (Å²) in [6.45, 7) is 5.61. The molecular weight excluding hydrogens is 236 g/mol. The number of aromatic nitrogens is 2. The molecule has 1 saturated carbocycles. The van der Waals surface area contributed by atoms with Crippen LogP contribution in [0.3, 0.4) is 0 Å². The molecular formula is C12H17ClN4. The maximum Gasteiger partial charge on any atom is 0.149 e. The molecule has 4 nitrogen and oxygen atoms in total. The van der Waals surface area contributed by atoms with Crippen LogP contribution in [0.2, 0.25) is 5.15 Å². The molecule has 92 valence electrons. The second kappa shape index (κ2) is 4.78. The van der Waals surface area contributed by atoms with E-state index in [-0.39, 0.29) is 0 Å². The highest BCUT2D eigenvalue weighted by molar-refractivity contribution is 6.29. The first-order chi connectivity index (χ1) is 8.31. The van der Waals surface area contributed by atoms with Crippen molar-refractivity contribution in [3.8, 4) is 0 Å². The zero-order valence-electron chi connectivity index (χ0n) is 9.85. The van der Waals surface area contributed by atoms with Gasteiger partial charge in [-0.1, -0.05) is 11.6 Å². The fourth-order valence-corrected chi connectivity index (χ4v) is 2.45. The second-order valence-electron chi connectivity index (χ2n) is 4.93. The molecule has 1 aliphatic carbocycles. The van der Waals surface area contributed by atoms with Crippen molar-refractivity contribution >= 4 is 17.4 Å². The zero-order chi connectivity index (χ0) is 11.7. The lowest BCUT2D eigenvalue weighted by molar-refractivity contribution is 0.247. The van der Waals surface area contributed by atoms with Crippen molar-refractivity contribution in [3.63, 3.8) is 0 Å². The maximum atomic E-state index is 5.86. The lowest BCUT2D eigenvalue weighted by atomic mass is 10.3. The molecule has 0 atom stereocenters. The van der Waals surface area contributed by atoms with Gasteiger partial charge in [0.25, 0.3) is 0 Å². The van der Waals surface area contributed by atoms with Gasteiger partial charge in [0.05, 0.1) is 12.4 Å². The van der Waals surface area contributed by atoms with Crippen LogP contribution in [0.15, 0.2) is 12.4 Å². The monoisotopic (exact) mass is 252 g/mol. The maximum absolute atomic E-state index is 5.86. The number of rotatable bonds is 3. The lowest BCUT2D eigenvalue weighted by Crippen LogP contribution is -2.47. The summed E-state index contributed by atoms with van der Waals surface area (Å²) < 4.78 is 0. The van der Waals surface area contributed by atoms with Crippen molar-refractivity contribution in [2.24, 2.45) is 5.92 Å². The third-order valence-corrected chi connectivity index (χ3v) is 3.68. The van der Waals surface area contributed by atoms with Crippen LogP contribution in [0.25, 0.3) is 0 Å². The van der Waals surface area contributed by atoms with E-state index in [4.69, 9.17) is 11.6 Å². The van der Waals surface area contributed by atoms with Crippen LogP contribution in [0, 0.1) is 5.92 Å². The van der Waals surface area contributed by atoms with Crippen LogP contribution in [0.4, 0.5) is 5.82 Å². The first-order valence-corrected chi connectivity index (χ1v) is 6.64. The molecule has 0 N–H and O–H groups in total. The number of hydrogen-bond acceptors (Lipinski definition) is 4. The zero-order valence-corrected chi connectivity index (χ0v) is 10.6. The SMILES string of the molecule is Clc1cncc(N2CCN(CC3CC3)CC2)n1. The Morgan fingerprint density at radius 3 is 2.59 bits per heavy atom. The summed E-state index contributed by atoms with van der Waals surface area (Å²) in [5.41, 5.74) is 0. The third kappa shape index (κ3) is 2.87. The minimum Gasteiger partial charge on any atom is -0.353 e. The van der Waals surface area contributed by atoms with Gasteiger partial charge in [-0.2, -0.15) is 0 Å². The first-order valence-electron chi connectivity index (χ1n) is 6.26. The van der Waals surface area contributed by atoms with E-state index in [1.165, 1.54) is 19.4 Å². The molecule has 2 aliphatic rings. The van der Waals surface area contributed by atoms with E-state index in [1.54, 1.807) is 12.4 Å². The Balaban J connectivity index is 1.56. The van der Waals surface area contributed by atoms with E-state index in [2.05, 4.69) is 19.8 Å². The Kier molecular flexibility index (Phi) is 3.16. The number of hydrogen-bond donors (Lipinski definition) is 0. The Labute approximate surface area is 107 Å². The average molecular weight is 253 g/mol. The van der Waals surface area contributed by atoms with Crippen molar-refractivity contribution in [2.75, 3.05) is 37.6 Å². The quantitative estimate of drug-likeness (QED) is 0.819. The highest BCUT2D eigenvalue weighted by atomic mass is 35.5. The molecule has 0 radical (unpaired) electrons. The Hall–Kier alpha value is -0.870. The summed E-state index contributed by atoms with van der Waals surface area (Å²) in [4.78, 5) is 13.2. The van der Waals surface area contributed by atoms with Gasteiger partial charge in [0.15, 0.2) is 0 Å². The Morgan fingerprint density at radius 1 is 1.18 bits per heavy atom. The van der Waals surface area contributed by atoms with E-state index < -0.39 is 0 Å². The van der Waals surface area contributed by atoms with E-state index in [0.717, 1.165) is 37.9 Å². The molecule has 1 aliphatic heterocycles. The topological polar surface area (TPSA) is 32.3 Å². The van der Waals surface area contributed by atoms with Gasteiger partial charge >= 0.3 is 0 Å². The number of piperazine rings is 1. The van der Waals surface area contributed by atoms with Gasteiger partial charge in [-0.05, 0) is 18.8 Å². The molecule has 3 rings (SSSR count). The predicted molar refractivity (Wildman–Crippen MR) is 68.4 cm³/mol. The van der Waals surface area contributed by atoms with Gasteiger partial charge in [0.2, 0.25) is 0 Å². The lowest BCUT2D eigenvalue weighted by Gasteiger charge is -2.35. The summed E-state index contributed by atoms with van der Waals surface area (Å²) in [6, 6.07) is 0.